The second-order valence-corrected chi connectivity index (χ2v) is 8.60. The van der Waals surface area contributed by atoms with Crippen molar-refractivity contribution in [3.63, 3.8) is 0 Å². The molecule has 0 saturated carbocycles. The Morgan fingerprint density at radius 3 is 2.67 bits per heavy atom. The van der Waals surface area contributed by atoms with Gasteiger partial charge in [0.15, 0.2) is 5.16 Å². The summed E-state index contributed by atoms with van der Waals surface area (Å²) in [6.45, 7) is 8.62. The van der Waals surface area contributed by atoms with Gasteiger partial charge in [0, 0.05) is 17.5 Å². The Morgan fingerprint density at radius 1 is 1.20 bits per heavy atom. The maximum absolute atomic E-state index is 12.6. The number of amides is 1. The third-order valence-electron chi connectivity index (χ3n) is 4.67. The molecule has 0 saturated heterocycles. The summed E-state index contributed by atoms with van der Waals surface area (Å²) in [4.78, 5) is 25.1. The zero-order valence-corrected chi connectivity index (χ0v) is 19.2. The molecule has 30 heavy (non-hydrogen) atoms. The molecule has 1 amide bonds. The van der Waals surface area contributed by atoms with Crippen LogP contribution < -0.4 is 5.32 Å². The first-order valence-electron chi connectivity index (χ1n) is 9.45. The molecule has 0 aliphatic rings. The van der Waals surface area contributed by atoms with E-state index in [2.05, 4.69) is 15.5 Å². The first kappa shape index (κ1) is 22.0. The van der Waals surface area contributed by atoms with Crippen LogP contribution in [0.4, 0.5) is 5.00 Å². The van der Waals surface area contributed by atoms with E-state index in [4.69, 9.17) is 4.74 Å². The number of esters is 1. The van der Waals surface area contributed by atoms with Crippen LogP contribution in [0.1, 0.15) is 34.2 Å². The molecule has 0 bridgehead atoms. The number of methoxy groups -OCH3 is 1. The van der Waals surface area contributed by atoms with Crippen LogP contribution in [0.3, 0.4) is 0 Å². The second kappa shape index (κ2) is 9.44. The molecule has 0 unspecified atom stereocenters. The predicted octanol–water partition coefficient (Wildman–Crippen LogP) is 4.47. The van der Waals surface area contributed by atoms with Crippen LogP contribution in [0.25, 0.3) is 11.1 Å². The molecule has 3 rings (SSSR count). The number of ether oxygens (including phenoxy) is 1. The number of nitrogens with zero attached hydrogens (tertiary/aromatic N) is 3. The number of rotatable bonds is 7. The summed E-state index contributed by atoms with van der Waals surface area (Å²) in [6.07, 6.45) is 0. The average Bonchev–Trinajstić information content (AvgIpc) is 3.30. The van der Waals surface area contributed by atoms with Crippen LogP contribution in [0.15, 0.2) is 28.7 Å². The molecule has 0 atom stereocenters. The molecule has 0 radical (unpaired) electrons. The number of carbonyl (C=O) groups is 2. The summed E-state index contributed by atoms with van der Waals surface area (Å²) in [5.74, 6) is 0.277. The number of aromatic nitrogens is 3. The Morgan fingerprint density at radius 2 is 1.97 bits per heavy atom. The molecule has 1 N–H and O–H groups in total. The highest BCUT2D eigenvalue weighted by Crippen LogP contribution is 2.38. The van der Waals surface area contributed by atoms with Gasteiger partial charge in [0.1, 0.15) is 16.4 Å². The van der Waals surface area contributed by atoms with Crippen LogP contribution in [-0.2, 0) is 16.1 Å². The minimum absolute atomic E-state index is 0.162. The zero-order chi connectivity index (χ0) is 21.8. The van der Waals surface area contributed by atoms with Crippen molar-refractivity contribution in [3.8, 4) is 11.1 Å². The van der Waals surface area contributed by atoms with Crippen molar-refractivity contribution in [1.29, 1.82) is 0 Å². The maximum Gasteiger partial charge on any atom is 0.341 e. The number of anilines is 1. The summed E-state index contributed by atoms with van der Waals surface area (Å²) in [6, 6.07) is 6.08. The molecule has 2 aromatic heterocycles. The normalized spacial score (nSPS) is 10.8. The highest BCUT2D eigenvalue weighted by Gasteiger charge is 2.23. The number of thioether (sulfide) groups is 1. The number of aryl methyl sites for hydroxylation is 3. The zero-order valence-electron chi connectivity index (χ0n) is 17.6. The van der Waals surface area contributed by atoms with Gasteiger partial charge in [0.2, 0.25) is 5.91 Å². The van der Waals surface area contributed by atoms with E-state index in [-0.39, 0.29) is 11.7 Å². The maximum atomic E-state index is 12.6. The third kappa shape index (κ3) is 4.57. The Kier molecular flexibility index (Phi) is 6.94. The summed E-state index contributed by atoms with van der Waals surface area (Å²) in [7, 11) is 1.34. The van der Waals surface area contributed by atoms with Gasteiger partial charge >= 0.3 is 5.97 Å². The van der Waals surface area contributed by atoms with E-state index in [1.165, 1.54) is 30.2 Å². The predicted molar refractivity (Wildman–Crippen MR) is 120 cm³/mol. The lowest BCUT2D eigenvalue weighted by molar-refractivity contribution is -0.113. The minimum atomic E-state index is -0.475. The number of carbonyl (C=O) groups excluding carboxylic acids is 2. The molecular weight excluding hydrogens is 420 g/mol. The van der Waals surface area contributed by atoms with Crippen molar-refractivity contribution in [1.82, 2.24) is 14.8 Å². The molecular formula is C21H24N4O3S2. The number of nitrogens with one attached hydrogen (secondary N) is 1. The van der Waals surface area contributed by atoms with Gasteiger partial charge in [-0.25, -0.2) is 4.79 Å². The Labute approximate surface area is 183 Å². The highest BCUT2D eigenvalue weighted by molar-refractivity contribution is 7.99. The fourth-order valence-electron chi connectivity index (χ4n) is 3.10. The number of thiophene rings is 1. The van der Waals surface area contributed by atoms with Crippen LogP contribution in [-0.4, -0.2) is 39.5 Å². The van der Waals surface area contributed by atoms with E-state index in [1.54, 1.807) is 0 Å². The van der Waals surface area contributed by atoms with E-state index in [0.717, 1.165) is 34.6 Å². The fraction of sp³-hybridized carbons (Fsp3) is 0.333. The van der Waals surface area contributed by atoms with Crippen LogP contribution in [0, 0.1) is 20.8 Å². The van der Waals surface area contributed by atoms with Crippen molar-refractivity contribution >= 4 is 40.0 Å². The minimum Gasteiger partial charge on any atom is -0.465 e. The van der Waals surface area contributed by atoms with Crippen LogP contribution in [0.5, 0.6) is 0 Å². The van der Waals surface area contributed by atoms with Gasteiger partial charge < -0.3 is 14.6 Å². The molecule has 9 heteroatoms. The van der Waals surface area contributed by atoms with Gasteiger partial charge in [-0.05, 0) is 38.8 Å². The Bertz CT molecular complexity index is 1090. The molecule has 0 aliphatic heterocycles. The van der Waals surface area contributed by atoms with Gasteiger partial charge in [0.25, 0.3) is 0 Å². The number of hydrogen-bond acceptors (Lipinski definition) is 7. The average molecular weight is 445 g/mol. The molecule has 3 aromatic rings. The quantitative estimate of drug-likeness (QED) is 0.427. The SMILES string of the molecule is CCn1c(C)nnc1SCC(=O)Nc1scc(-c2cc(C)ccc2C)c1C(=O)OC. The summed E-state index contributed by atoms with van der Waals surface area (Å²) in [5.41, 5.74) is 4.23. The molecule has 158 valence electrons. The van der Waals surface area contributed by atoms with E-state index in [0.29, 0.717) is 15.7 Å². The lowest BCUT2D eigenvalue weighted by Gasteiger charge is -2.10. The third-order valence-corrected chi connectivity index (χ3v) is 6.53. The van der Waals surface area contributed by atoms with Gasteiger partial charge in [-0.3, -0.25) is 4.79 Å². The van der Waals surface area contributed by atoms with Gasteiger partial charge in [0.05, 0.1) is 12.9 Å². The fourth-order valence-corrected chi connectivity index (χ4v) is 4.92. The van der Waals surface area contributed by atoms with Crippen molar-refractivity contribution in [2.24, 2.45) is 0 Å². The first-order valence-corrected chi connectivity index (χ1v) is 11.3. The van der Waals surface area contributed by atoms with Crippen molar-refractivity contribution in [3.05, 3.63) is 46.1 Å². The van der Waals surface area contributed by atoms with E-state index in [9.17, 15) is 9.59 Å². The second-order valence-electron chi connectivity index (χ2n) is 6.77. The molecule has 7 nitrogen and oxygen atoms in total. The summed E-state index contributed by atoms with van der Waals surface area (Å²) >= 11 is 2.63. The largest absolute Gasteiger partial charge is 0.465 e. The van der Waals surface area contributed by atoms with Gasteiger partial charge in [-0.1, -0.05) is 35.5 Å². The van der Waals surface area contributed by atoms with Gasteiger partial charge in [-0.2, -0.15) is 0 Å². The van der Waals surface area contributed by atoms with E-state index >= 15 is 0 Å². The lowest BCUT2D eigenvalue weighted by atomic mass is 9.97. The topological polar surface area (TPSA) is 86.1 Å². The summed E-state index contributed by atoms with van der Waals surface area (Å²) in [5, 5.41) is 14.1. The van der Waals surface area contributed by atoms with Crippen molar-refractivity contribution in [2.75, 3.05) is 18.2 Å². The Hall–Kier alpha value is -2.65. The van der Waals surface area contributed by atoms with Crippen LogP contribution >= 0.6 is 23.1 Å². The van der Waals surface area contributed by atoms with Crippen molar-refractivity contribution in [2.45, 2.75) is 39.4 Å². The van der Waals surface area contributed by atoms with Crippen LogP contribution in [0.2, 0.25) is 0 Å². The lowest BCUT2D eigenvalue weighted by Crippen LogP contribution is -2.16. The smallest absolute Gasteiger partial charge is 0.341 e. The number of hydrogen-bond donors (Lipinski definition) is 1. The monoisotopic (exact) mass is 444 g/mol. The molecule has 0 spiro atoms. The van der Waals surface area contributed by atoms with Gasteiger partial charge in [-0.15, -0.1) is 21.5 Å². The Balaban J connectivity index is 1.83. The van der Waals surface area contributed by atoms with E-state index in [1.807, 2.05) is 55.8 Å². The number of benzene rings is 1. The summed E-state index contributed by atoms with van der Waals surface area (Å²) < 4.78 is 6.95. The first-order chi connectivity index (χ1) is 14.3. The van der Waals surface area contributed by atoms with E-state index < -0.39 is 5.97 Å². The molecule has 0 aliphatic carbocycles. The molecule has 1 aromatic carbocycles. The molecule has 0 fully saturated rings. The standard InChI is InChI=1S/C21H24N4O3S2/c1-6-25-14(4)23-24-21(25)30-11-17(26)22-19-18(20(27)28-5)16(10-29-19)15-9-12(2)7-8-13(15)3/h7-10H,6,11H2,1-5H3,(H,22,26). The molecule has 2 heterocycles. The highest BCUT2D eigenvalue weighted by atomic mass is 32.2. The van der Waals surface area contributed by atoms with Crippen molar-refractivity contribution < 1.29 is 14.3 Å².